The molecule has 0 saturated carbocycles. The zero-order chi connectivity index (χ0) is 15.1. The molecule has 0 bridgehead atoms. The van der Waals surface area contributed by atoms with Gasteiger partial charge in [-0.1, -0.05) is 0 Å². The van der Waals surface area contributed by atoms with Gasteiger partial charge in [-0.3, -0.25) is 0 Å². The largest absolute Gasteiger partial charge is 0.399 e. The number of anilines is 1. The van der Waals surface area contributed by atoms with Gasteiger partial charge in [0.05, 0.1) is 17.6 Å². The third kappa shape index (κ3) is 2.68. The predicted octanol–water partition coefficient (Wildman–Crippen LogP) is 1.68. The lowest BCUT2D eigenvalue weighted by Gasteiger charge is -2.36. The molecule has 1 heterocycles. The number of ether oxygens (including phenoxy) is 1. The molecule has 20 heavy (non-hydrogen) atoms. The molecule has 1 aromatic carbocycles. The fourth-order valence-corrected chi connectivity index (χ4v) is 4.48. The molecule has 0 aromatic heterocycles. The predicted molar refractivity (Wildman–Crippen MR) is 79.1 cm³/mol. The third-order valence-electron chi connectivity index (χ3n) is 3.78. The molecule has 2 rings (SSSR count). The van der Waals surface area contributed by atoms with Crippen molar-refractivity contribution in [1.82, 2.24) is 4.31 Å². The molecule has 2 unspecified atom stereocenters. The number of rotatable bonds is 2. The van der Waals surface area contributed by atoms with E-state index in [1.807, 2.05) is 27.7 Å². The van der Waals surface area contributed by atoms with Crippen molar-refractivity contribution in [1.29, 1.82) is 0 Å². The van der Waals surface area contributed by atoms with Gasteiger partial charge in [0.25, 0.3) is 0 Å². The molecule has 2 N–H and O–H groups in total. The van der Waals surface area contributed by atoms with Crippen LogP contribution < -0.4 is 5.73 Å². The maximum Gasteiger partial charge on any atom is 0.243 e. The molecular weight excluding hydrogens is 276 g/mol. The first kappa shape index (κ1) is 15.3. The van der Waals surface area contributed by atoms with Crippen LogP contribution in [0.1, 0.15) is 25.0 Å². The second-order valence-corrected chi connectivity index (χ2v) is 7.39. The van der Waals surface area contributed by atoms with E-state index in [0.29, 0.717) is 23.7 Å². The summed E-state index contributed by atoms with van der Waals surface area (Å²) in [5.41, 5.74) is 7.92. The van der Waals surface area contributed by atoms with Gasteiger partial charge in [0.1, 0.15) is 0 Å². The average Bonchev–Trinajstić information content (AvgIpc) is 2.36. The summed E-state index contributed by atoms with van der Waals surface area (Å²) >= 11 is 0. The molecule has 0 radical (unpaired) electrons. The van der Waals surface area contributed by atoms with E-state index in [9.17, 15) is 8.42 Å². The maximum atomic E-state index is 12.9. The van der Waals surface area contributed by atoms with Crippen LogP contribution in [0.2, 0.25) is 0 Å². The van der Waals surface area contributed by atoms with Crippen LogP contribution in [0.15, 0.2) is 17.0 Å². The molecule has 1 aliphatic rings. The average molecular weight is 298 g/mol. The first-order valence-electron chi connectivity index (χ1n) is 6.73. The van der Waals surface area contributed by atoms with Crippen LogP contribution in [0.3, 0.4) is 0 Å². The number of hydrogen-bond donors (Lipinski definition) is 1. The van der Waals surface area contributed by atoms with Gasteiger partial charge in [0.15, 0.2) is 0 Å². The SMILES string of the molecule is Cc1cc(N)cc(S(=O)(=O)N2CC(C)OCC2C)c1C. The molecular formula is C14H22N2O3S. The fourth-order valence-electron chi connectivity index (χ4n) is 2.46. The fraction of sp³-hybridized carbons (Fsp3) is 0.571. The molecule has 0 aliphatic carbocycles. The number of benzene rings is 1. The minimum Gasteiger partial charge on any atom is -0.399 e. The number of morpholine rings is 1. The Bertz CT molecular complexity index is 613. The Kier molecular flexibility index (Phi) is 4.09. The highest BCUT2D eigenvalue weighted by molar-refractivity contribution is 7.89. The van der Waals surface area contributed by atoms with Gasteiger partial charge in [-0.25, -0.2) is 8.42 Å². The normalized spacial score (nSPS) is 24.8. The number of nitrogens with two attached hydrogens (primary N) is 1. The van der Waals surface area contributed by atoms with E-state index < -0.39 is 10.0 Å². The molecule has 1 saturated heterocycles. The van der Waals surface area contributed by atoms with Gasteiger partial charge in [0.2, 0.25) is 10.0 Å². The van der Waals surface area contributed by atoms with Crippen molar-refractivity contribution in [2.75, 3.05) is 18.9 Å². The van der Waals surface area contributed by atoms with E-state index in [2.05, 4.69) is 0 Å². The van der Waals surface area contributed by atoms with E-state index in [4.69, 9.17) is 10.5 Å². The number of nitrogen functional groups attached to an aromatic ring is 1. The van der Waals surface area contributed by atoms with E-state index >= 15 is 0 Å². The van der Waals surface area contributed by atoms with E-state index in [-0.39, 0.29) is 12.1 Å². The Morgan fingerprint density at radius 1 is 1.30 bits per heavy atom. The number of sulfonamides is 1. The van der Waals surface area contributed by atoms with Crippen molar-refractivity contribution >= 4 is 15.7 Å². The lowest BCUT2D eigenvalue weighted by Crippen LogP contribution is -2.50. The van der Waals surface area contributed by atoms with Crippen molar-refractivity contribution in [2.24, 2.45) is 0 Å². The first-order chi connectivity index (χ1) is 9.23. The molecule has 6 heteroatoms. The minimum absolute atomic E-state index is 0.0940. The summed E-state index contributed by atoms with van der Waals surface area (Å²) in [6, 6.07) is 3.17. The van der Waals surface area contributed by atoms with Crippen LogP contribution in [0.5, 0.6) is 0 Å². The second-order valence-electron chi connectivity index (χ2n) is 5.53. The van der Waals surface area contributed by atoms with Gasteiger partial charge < -0.3 is 10.5 Å². The Balaban J connectivity index is 2.50. The first-order valence-corrected chi connectivity index (χ1v) is 8.17. The quantitative estimate of drug-likeness (QED) is 0.843. The van der Waals surface area contributed by atoms with E-state index in [1.165, 1.54) is 4.31 Å². The van der Waals surface area contributed by atoms with Crippen LogP contribution >= 0.6 is 0 Å². The van der Waals surface area contributed by atoms with Crippen LogP contribution in [-0.4, -0.2) is 38.0 Å². The van der Waals surface area contributed by atoms with Gasteiger partial charge in [-0.2, -0.15) is 4.31 Å². The lowest BCUT2D eigenvalue weighted by molar-refractivity contribution is -0.0170. The number of nitrogens with zero attached hydrogens (tertiary/aromatic N) is 1. The molecule has 2 atom stereocenters. The Morgan fingerprint density at radius 2 is 1.95 bits per heavy atom. The molecule has 0 amide bonds. The van der Waals surface area contributed by atoms with Crippen molar-refractivity contribution in [3.63, 3.8) is 0 Å². The van der Waals surface area contributed by atoms with Gasteiger partial charge in [0, 0.05) is 18.3 Å². The molecule has 0 spiro atoms. The summed E-state index contributed by atoms with van der Waals surface area (Å²) in [5, 5.41) is 0. The van der Waals surface area contributed by atoms with Crippen LogP contribution in [0.4, 0.5) is 5.69 Å². The smallest absolute Gasteiger partial charge is 0.243 e. The summed E-state index contributed by atoms with van der Waals surface area (Å²) in [5.74, 6) is 0. The van der Waals surface area contributed by atoms with Crippen molar-refractivity contribution < 1.29 is 13.2 Å². The van der Waals surface area contributed by atoms with Crippen molar-refractivity contribution in [2.45, 2.75) is 44.7 Å². The summed E-state index contributed by atoms with van der Waals surface area (Å²) in [4.78, 5) is 0.302. The molecule has 112 valence electrons. The second kappa shape index (κ2) is 5.35. The van der Waals surface area contributed by atoms with Crippen LogP contribution in [0.25, 0.3) is 0 Å². The monoisotopic (exact) mass is 298 g/mol. The zero-order valence-electron chi connectivity index (χ0n) is 12.4. The number of aryl methyl sites for hydroxylation is 1. The van der Waals surface area contributed by atoms with Crippen LogP contribution in [0, 0.1) is 13.8 Å². The zero-order valence-corrected chi connectivity index (χ0v) is 13.2. The summed E-state index contributed by atoms with van der Waals surface area (Å²) in [6.45, 7) is 8.22. The van der Waals surface area contributed by atoms with Crippen molar-refractivity contribution in [3.05, 3.63) is 23.3 Å². The molecule has 1 fully saturated rings. The topological polar surface area (TPSA) is 72.6 Å². The molecule has 1 aromatic rings. The Morgan fingerprint density at radius 3 is 2.60 bits per heavy atom. The van der Waals surface area contributed by atoms with E-state index in [0.717, 1.165) is 11.1 Å². The van der Waals surface area contributed by atoms with Crippen molar-refractivity contribution in [3.8, 4) is 0 Å². The third-order valence-corrected chi connectivity index (χ3v) is 5.89. The Hall–Kier alpha value is -1.11. The maximum absolute atomic E-state index is 12.9. The van der Waals surface area contributed by atoms with Gasteiger partial charge in [-0.15, -0.1) is 0 Å². The Labute approximate surface area is 120 Å². The van der Waals surface area contributed by atoms with Gasteiger partial charge >= 0.3 is 0 Å². The molecule has 1 aliphatic heterocycles. The highest BCUT2D eigenvalue weighted by atomic mass is 32.2. The number of hydrogen-bond acceptors (Lipinski definition) is 4. The minimum atomic E-state index is -3.55. The highest BCUT2D eigenvalue weighted by Crippen LogP contribution is 2.28. The summed E-state index contributed by atoms with van der Waals surface area (Å²) < 4.78 is 32.8. The summed E-state index contributed by atoms with van der Waals surface area (Å²) in [6.07, 6.45) is -0.0940. The highest BCUT2D eigenvalue weighted by Gasteiger charge is 2.35. The lowest BCUT2D eigenvalue weighted by atomic mass is 10.1. The molecule has 5 nitrogen and oxygen atoms in total. The van der Waals surface area contributed by atoms with Gasteiger partial charge in [-0.05, 0) is 51.0 Å². The van der Waals surface area contributed by atoms with Crippen LogP contribution in [-0.2, 0) is 14.8 Å². The summed E-state index contributed by atoms with van der Waals surface area (Å²) in [7, 11) is -3.55. The standard InChI is InChI=1S/C14H22N2O3S/c1-9-5-13(15)6-14(12(9)4)20(17,18)16-7-11(3)19-8-10(16)2/h5-6,10-11H,7-8,15H2,1-4H3. The van der Waals surface area contributed by atoms with E-state index in [1.54, 1.807) is 12.1 Å².